The van der Waals surface area contributed by atoms with Gasteiger partial charge in [0.2, 0.25) is 17.6 Å². The first-order valence-electron chi connectivity index (χ1n) is 12.0. The predicted molar refractivity (Wildman–Crippen MR) is 132 cm³/mol. The van der Waals surface area contributed by atoms with Gasteiger partial charge in [0.1, 0.15) is 5.82 Å². The van der Waals surface area contributed by atoms with E-state index in [1.165, 1.54) is 12.1 Å². The molecule has 1 aliphatic heterocycles. The van der Waals surface area contributed by atoms with Crippen LogP contribution in [0.1, 0.15) is 35.5 Å². The van der Waals surface area contributed by atoms with Gasteiger partial charge in [0.15, 0.2) is 0 Å². The average molecular weight is 496 g/mol. The molecule has 1 saturated heterocycles. The molecule has 0 saturated carbocycles. The zero-order valence-electron chi connectivity index (χ0n) is 20.2. The fourth-order valence-electron chi connectivity index (χ4n) is 4.18. The van der Waals surface area contributed by atoms with Crippen LogP contribution in [0.15, 0.2) is 53.1 Å². The summed E-state index contributed by atoms with van der Waals surface area (Å²) >= 11 is 0. The van der Waals surface area contributed by atoms with E-state index in [1.807, 2.05) is 0 Å². The Balaban J connectivity index is 1.34. The number of amides is 2. The van der Waals surface area contributed by atoms with Crippen LogP contribution in [0.2, 0.25) is 0 Å². The number of piperidine rings is 1. The van der Waals surface area contributed by atoms with Crippen molar-refractivity contribution in [3.05, 3.63) is 65.8 Å². The molecule has 1 unspecified atom stereocenters. The number of hydrogen-bond donors (Lipinski definition) is 2. The molecule has 9 nitrogen and oxygen atoms in total. The molecule has 2 heterocycles. The molecule has 3 aromatic rings. The Morgan fingerprint density at radius 1 is 1.19 bits per heavy atom. The third-order valence-electron chi connectivity index (χ3n) is 6.05. The highest BCUT2D eigenvalue weighted by Crippen LogP contribution is 2.23. The fraction of sp³-hybridized carbons (Fsp3) is 0.385. The second kappa shape index (κ2) is 12.4. The van der Waals surface area contributed by atoms with Crippen LogP contribution in [0, 0.1) is 11.7 Å². The Morgan fingerprint density at radius 3 is 2.81 bits per heavy atom. The maximum Gasteiger partial charge on any atom is 0.253 e. The summed E-state index contributed by atoms with van der Waals surface area (Å²) in [6.45, 7) is 2.81. The van der Waals surface area contributed by atoms with Crippen LogP contribution in [0.4, 0.5) is 10.1 Å². The molecule has 1 aromatic heterocycles. The van der Waals surface area contributed by atoms with Crippen molar-refractivity contribution >= 4 is 17.5 Å². The van der Waals surface area contributed by atoms with E-state index < -0.39 is 0 Å². The first kappa shape index (κ1) is 25.5. The lowest BCUT2D eigenvalue weighted by molar-refractivity contribution is -0.121. The van der Waals surface area contributed by atoms with E-state index in [2.05, 4.69) is 25.7 Å². The summed E-state index contributed by atoms with van der Waals surface area (Å²) in [7, 11) is 1.62. The molecule has 2 N–H and O–H groups in total. The molecule has 2 aromatic carbocycles. The van der Waals surface area contributed by atoms with E-state index in [0.29, 0.717) is 61.2 Å². The van der Waals surface area contributed by atoms with Crippen molar-refractivity contribution in [2.75, 3.05) is 38.7 Å². The number of benzene rings is 2. The summed E-state index contributed by atoms with van der Waals surface area (Å²) in [6, 6.07) is 12.9. The Hall–Kier alpha value is -3.63. The van der Waals surface area contributed by atoms with Crippen LogP contribution in [0.25, 0.3) is 11.4 Å². The SMILES string of the molecule is COCCCNC(=O)c1ccccc1NC(=O)C1CCCN(Cc2nc(-c3ccc(F)cc3)no2)C1. The van der Waals surface area contributed by atoms with Crippen LogP contribution in [-0.2, 0) is 16.1 Å². The van der Waals surface area contributed by atoms with Crippen LogP contribution < -0.4 is 10.6 Å². The molecule has 4 rings (SSSR count). The second-order valence-corrected chi connectivity index (χ2v) is 8.73. The zero-order valence-corrected chi connectivity index (χ0v) is 20.2. The van der Waals surface area contributed by atoms with Gasteiger partial charge in [-0.25, -0.2) is 4.39 Å². The van der Waals surface area contributed by atoms with Gasteiger partial charge < -0.3 is 19.9 Å². The summed E-state index contributed by atoms with van der Waals surface area (Å²) in [5.74, 6) is -0.0988. The number of para-hydroxylation sites is 1. The minimum absolute atomic E-state index is 0.128. The number of anilines is 1. The molecule has 10 heteroatoms. The van der Waals surface area contributed by atoms with Crippen molar-refractivity contribution < 1.29 is 23.2 Å². The average Bonchev–Trinajstić information content (AvgIpc) is 3.36. The van der Waals surface area contributed by atoms with Crippen molar-refractivity contribution in [1.29, 1.82) is 0 Å². The van der Waals surface area contributed by atoms with Gasteiger partial charge in [-0.2, -0.15) is 4.98 Å². The molecule has 0 spiro atoms. The lowest BCUT2D eigenvalue weighted by atomic mass is 9.96. The Labute approximate surface area is 209 Å². The van der Waals surface area contributed by atoms with Crippen LogP contribution >= 0.6 is 0 Å². The van der Waals surface area contributed by atoms with Gasteiger partial charge in [-0.1, -0.05) is 17.3 Å². The number of likely N-dealkylation sites (tertiary alicyclic amines) is 1. The van der Waals surface area contributed by atoms with E-state index in [1.54, 1.807) is 43.5 Å². The molecule has 0 radical (unpaired) electrons. The van der Waals surface area contributed by atoms with Gasteiger partial charge in [-0.15, -0.1) is 0 Å². The first-order valence-corrected chi connectivity index (χ1v) is 12.0. The standard InChI is InChI=1S/C26H30FN5O4/c1-35-15-5-13-28-26(34)21-7-2-3-8-22(21)29-25(33)19-6-4-14-32(16-19)17-23-30-24(31-36-23)18-9-11-20(27)12-10-18/h2-3,7-12,19H,4-6,13-17H2,1H3,(H,28,34)(H,29,33). The number of nitrogens with zero attached hydrogens (tertiary/aromatic N) is 3. The minimum atomic E-state index is -0.328. The number of halogens is 1. The van der Waals surface area contributed by atoms with Gasteiger partial charge >= 0.3 is 0 Å². The van der Waals surface area contributed by atoms with Crippen molar-refractivity contribution in [2.45, 2.75) is 25.8 Å². The van der Waals surface area contributed by atoms with Crippen molar-refractivity contribution in [3.63, 3.8) is 0 Å². The number of ether oxygens (including phenoxy) is 1. The number of rotatable bonds is 10. The molecule has 0 aliphatic carbocycles. The van der Waals surface area contributed by atoms with Gasteiger partial charge in [-0.05, 0) is 62.2 Å². The number of hydrogen-bond acceptors (Lipinski definition) is 7. The molecule has 1 fully saturated rings. The number of aromatic nitrogens is 2. The van der Waals surface area contributed by atoms with Gasteiger partial charge in [0.05, 0.1) is 23.7 Å². The largest absolute Gasteiger partial charge is 0.385 e. The highest BCUT2D eigenvalue weighted by molar-refractivity contribution is 6.04. The summed E-state index contributed by atoms with van der Waals surface area (Å²) in [5, 5.41) is 9.79. The Bertz CT molecular complexity index is 1170. The zero-order chi connectivity index (χ0) is 25.3. The third-order valence-corrected chi connectivity index (χ3v) is 6.05. The summed E-state index contributed by atoms with van der Waals surface area (Å²) in [4.78, 5) is 32.2. The van der Waals surface area contributed by atoms with Crippen LogP contribution in [0.5, 0.6) is 0 Å². The van der Waals surface area contributed by atoms with Crippen molar-refractivity contribution in [2.24, 2.45) is 5.92 Å². The molecule has 190 valence electrons. The Kier molecular flexibility index (Phi) is 8.75. The number of methoxy groups -OCH3 is 1. The normalized spacial score (nSPS) is 16.0. The van der Waals surface area contributed by atoms with Gasteiger partial charge in [0.25, 0.3) is 5.91 Å². The van der Waals surface area contributed by atoms with E-state index in [4.69, 9.17) is 9.26 Å². The lowest BCUT2D eigenvalue weighted by Gasteiger charge is -2.31. The summed E-state index contributed by atoms with van der Waals surface area (Å²) < 4.78 is 23.6. The number of carbonyl (C=O) groups is 2. The topological polar surface area (TPSA) is 110 Å². The molecular formula is C26H30FN5O4. The fourth-order valence-corrected chi connectivity index (χ4v) is 4.18. The maximum atomic E-state index is 13.2. The summed E-state index contributed by atoms with van der Waals surface area (Å²) in [5.41, 5.74) is 1.59. The quantitative estimate of drug-likeness (QED) is 0.414. The lowest BCUT2D eigenvalue weighted by Crippen LogP contribution is -2.40. The first-order chi connectivity index (χ1) is 17.5. The maximum absolute atomic E-state index is 13.2. The second-order valence-electron chi connectivity index (χ2n) is 8.73. The van der Waals surface area contributed by atoms with Gasteiger partial charge in [0, 0.05) is 32.4 Å². The highest BCUT2D eigenvalue weighted by Gasteiger charge is 2.28. The van der Waals surface area contributed by atoms with Crippen molar-refractivity contribution in [3.8, 4) is 11.4 Å². The monoisotopic (exact) mass is 495 g/mol. The Morgan fingerprint density at radius 2 is 2.00 bits per heavy atom. The molecule has 0 bridgehead atoms. The molecular weight excluding hydrogens is 465 g/mol. The molecule has 36 heavy (non-hydrogen) atoms. The third kappa shape index (κ3) is 6.73. The van der Waals surface area contributed by atoms with E-state index in [0.717, 1.165) is 19.4 Å². The number of nitrogens with one attached hydrogen (secondary N) is 2. The minimum Gasteiger partial charge on any atom is -0.385 e. The van der Waals surface area contributed by atoms with Crippen LogP contribution in [0.3, 0.4) is 0 Å². The van der Waals surface area contributed by atoms with Crippen LogP contribution in [-0.4, -0.2) is 60.2 Å². The number of carbonyl (C=O) groups excluding carboxylic acids is 2. The van der Waals surface area contributed by atoms with E-state index in [-0.39, 0.29) is 23.5 Å². The molecule has 1 aliphatic rings. The highest BCUT2D eigenvalue weighted by atomic mass is 19.1. The van der Waals surface area contributed by atoms with Crippen molar-refractivity contribution in [1.82, 2.24) is 20.4 Å². The predicted octanol–water partition coefficient (Wildman–Crippen LogP) is 3.49. The molecule has 1 atom stereocenters. The summed E-state index contributed by atoms with van der Waals surface area (Å²) in [6.07, 6.45) is 2.30. The van der Waals surface area contributed by atoms with E-state index >= 15 is 0 Å². The molecule has 2 amide bonds. The van der Waals surface area contributed by atoms with Gasteiger partial charge in [-0.3, -0.25) is 14.5 Å². The smallest absolute Gasteiger partial charge is 0.253 e. The van der Waals surface area contributed by atoms with E-state index in [9.17, 15) is 14.0 Å².